The molecular weight excluding hydrogens is 516 g/mol. The van der Waals surface area contributed by atoms with Crippen molar-refractivity contribution in [2.75, 3.05) is 33.7 Å². The lowest BCUT2D eigenvalue weighted by Crippen LogP contribution is -2.62. The van der Waals surface area contributed by atoms with E-state index in [1.807, 2.05) is 42.5 Å². The number of carbonyl (C=O) groups excluding carboxylic acids is 1. The van der Waals surface area contributed by atoms with Crippen molar-refractivity contribution in [2.45, 2.75) is 11.5 Å². The molecule has 206 valence electrons. The van der Waals surface area contributed by atoms with E-state index in [4.69, 9.17) is 9.97 Å². The molecule has 0 saturated carbocycles. The van der Waals surface area contributed by atoms with E-state index < -0.39 is 11.0 Å². The van der Waals surface area contributed by atoms with Crippen molar-refractivity contribution in [1.82, 2.24) is 19.8 Å². The lowest BCUT2D eigenvalue weighted by molar-refractivity contribution is -0.134. The third-order valence-electron chi connectivity index (χ3n) is 9.75. The van der Waals surface area contributed by atoms with Crippen molar-refractivity contribution < 1.29 is 4.79 Å². The number of ketones is 1. The first kappa shape index (κ1) is 25.3. The molecule has 5 aromatic rings. The lowest BCUT2D eigenvalue weighted by Gasteiger charge is -2.52. The SMILES string of the molecule is CN1C/C(=C\c2ccccc2)C(=O)[C@@]2(C1)[C@H](c1ccccc1)CN(C)[C@@]21c2ccccc2-c2nc3ccccc3nc21. The molecule has 0 unspecified atom stereocenters. The predicted octanol–water partition coefficient (Wildman–Crippen LogP) is 6.17. The van der Waals surface area contributed by atoms with Gasteiger partial charge in [0.15, 0.2) is 5.78 Å². The number of hydrogen-bond donors (Lipinski definition) is 0. The minimum Gasteiger partial charge on any atom is -0.301 e. The molecule has 0 N–H and O–H groups in total. The first-order valence-electron chi connectivity index (χ1n) is 14.7. The molecule has 4 aromatic carbocycles. The monoisotopic (exact) mass is 548 g/mol. The molecule has 2 saturated heterocycles. The van der Waals surface area contributed by atoms with E-state index in [9.17, 15) is 0 Å². The molecule has 8 rings (SSSR count). The average Bonchev–Trinajstić information content (AvgIpc) is 3.45. The van der Waals surface area contributed by atoms with Gasteiger partial charge in [0, 0.05) is 36.7 Å². The lowest BCUT2D eigenvalue weighted by atomic mass is 9.55. The van der Waals surface area contributed by atoms with Crippen LogP contribution in [-0.4, -0.2) is 59.3 Å². The Bertz CT molecular complexity index is 1880. The number of likely N-dealkylation sites (tertiary alicyclic amines) is 2. The van der Waals surface area contributed by atoms with Crippen LogP contribution in [0.4, 0.5) is 0 Å². The highest BCUT2D eigenvalue weighted by atomic mass is 16.1. The second-order valence-electron chi connectivity index (χ2n) is 12.1. The van der Waals surface area contributed by atoms with Crippen LogP contribution in [0.15, 0.2) is 115 Å². The van der Waals surface area contributed by atoms with Gasteiger partial charge in [-0.25, -0.2) is 9.97 Å². The van der Waals surface area contributed by atoms with Crippen molar-refractivity contribution in [3.63, 3.8) is 0 Å². The molecule has 0 radical (unpaired) electrons. The van der Waals surface area contributed by atoms with Crippen LogP contribution < -0.4 is 0 Å². The number of nitrogens with zero attached hydrogens (tertiary/aromatic N) is 4. The highest BCUT2D eigenvalue weighted by Crippen LogP contribution is 2.67. The van der Waals surface area contributed by atoms with Gasteiger partial charge in [-0.3, -0.25) is 9.69 Å². The number of carbonyl (C=O) groups is 1. The number of piperidine rings is 1. The third kappa shape index (κ3) is 3.29. The highest BCUT2D eigenvalue weighted by Gasteiger charge is 2.73. The summed E-state index contributed by atoms with van der Waals surface area (Å²) in [4.78, 5) is 30.9. The number of para-hydroxylation sites is 2. The fourth-order valence-corrected chi connectivity index (χ4v) is 8.26. The first-order valence-corrected chi connectivity index (χ1v) is 14.7. The smallest absolute Gasteiger partial charge is 0.170 e. The van der Waals surface area contributed by atoms with E-state index in [1.54, 1.807) is 0 Å². The number of aromatic nitrogens is 2. The summed E-state index contributed by atoms with van der Waals surface area (Å²) in [5.41, 5.74) is 7.13. The van der Waals surface area contributed by atoms with Crippen molar-refractivity contribution in [3.8, 4) is 11.3 Å². The van der Waals surface area contributed by atoms with Crippen LogP contribution in [0, 0.1) is 5.41 Å². The van der Waals surface area contributed by atoms with Gasteiger partial charge in [-0.2, -0.15) is 0 Å². The second-order valence-corrected chi connectivity index (χ2v) is 12.1. The van der Waals surface area contributed by atoms with Crippen molar-refractivity contribution in [1.29, 1.82) is 0 Å². The minimum absolute atomic E-state index is 0.0506. The summed E-state index contributed by atoms with van der Waals surface area (Å²) in [6, 6.07) is 37.5. The van der Waals surface area contributed by atoms with Crippen LogP contribution in [0.2, 0.25) is 0 Å². The Morgan fingerprint density at radius 3 is 2.19 bits per heavy atom. The molecule has 3 heterocycles. The third-order valence-corrected chi connectivity index (χ3v) is 9.75. The maximum absolute atomic E-state index is 15.5. The molecule has 2 spiro atoms. The molecule has 0 amide bonds. The highest BCUT2D eigenvalue weighted by molar-refractivity contribution is 6.08. The minimum atomic E-state index is -0.838. The molecule has 5 nitrogen and oxygen atoms in total. The number of likely N-dealkylation sites (N-methyl/N-ethyl adjacent to an activating group) is 2. The molecule has 3 aliphatic rings. The zero-order valence-corrected chi connectivity index (χ0v) is 23.9. The van der Waals surface area contributed by atoms with Crippen molar-refractivity contribution in [2.24, 2.45) is 5.41 Å². The summed E-state index contributed by atoms with van der Waals surface area (Å²) in [7, 11) is 4.32. The van der Waals surface area contributed by atoms with E-state index in [0.29, 0.717) is 13.1 Å². The average molecular weight is 549 g/mol. The number of hydrogen-bond acceptors (Lipinski definition) is 5. The van der Waals surface area contributed by atoms with Gasteiger partial charge in [0.1, 0.15) is 5.54 Å². The fraction of sp³-hybridized carbons (Fsp3) is 0.216. The van der Waals surface area contributed by atoms with Crippen LogP contribution in [0.25, 0.3) is 28.4 Å². The van der Waals surface area contributed by atoms with Crippen molar-refractivity contribution in [3.05, 3.63) is 137 Å². The van der Waals surface area contributed by atoms with E-state index in [1.165, 1.54) is 5.56 Å². The summed E-state index contributed by atoms with van der Waals surface area (Å²) >= 11 is 0. The van der Waals surface area contributed by atoms with Gasteiger partial charge in [-0.1, -0.05) is 97.1 Å². The second kappa shape index (κ2) is 9.28. The zero-order chi connectivity index (χ0) is 28.5. The van der Waals surface area contributed by atoms with Crippen LogP contribution in [0.3, 0.4) is 0 Å². The van der Waals surface area contributed by atoms with Gasteiger partial charge in [-0.05, 0) is 49.0 Å². The Hall–Kier alpha value is -4.45. The Labute approximate surface area is 246 Å². The molecule has 42 heavy (non-hydrogen) atoms. The molecular formula is C37H32N4O. The number of Topliss-reactive ketones (excluding diaryl/α,β-unsaturated/α-hetero) is 1. The topological polar surface area (TPSA) is 49.3 Å². The van der Waals surface area contributed by atoms with Crippen LogP contribution in [0.5, 0.6) is 0 Å². The maximum Gasteiger partial charge on any atom is 0.170 e. The van der Waals surface area contributed by atoms with E-state index in [2.05, 4.69) is 96.7 Å². The number of rotatable bonds is 2. The van der Waals surface area contributed by atoms with Crippen LogP contribution in [0.1, 0.15) is 28.3 Å². The quantitative estimate of drug-likeness (QED) is 0.247. The summed E-state index contributed by atoms with van der Waals surface area (Å²) < 4.78 is 0. The Balaban J connectivity index is 1.48. The van der Waals surface area contributed by atoms with Gasteiger partial charge in [-0.15, -0.1) is 0 Å². The summed E-state index contributed by atoms with van der Waals surface area (Å²) in [6.07, 6.45) is 2.10. The number of benzene rings is 4. The Kier molecular flexibility index (Phi) is 5.58. The fourth-order valence-electron chi connectivity index (χ4n) is 8.26. The molecule has 2 fully saturated rings. The van der Waals surface area contributed by atoms with Gasteiger partial charge in [0.25, 0.3) is 0 Å². The standard InChI is InChI=1S/C37H32N4O/c1-40-22-27(21-25-13-5-3-6-14-25)35(42)36(24-40)30(26-15-7-4-8-16-26)23-41(2)37(36)29-18-10-9-17-28(29)33-34(37)39-32-20-12-11-19-31(32)38-33/h3-21,30H,22-24H2,1-2H3/b27-21+/t30-,36+,37+/m0/s1. The van der Waals surface area contributed by atoms with Gasteiger partial charge < -0.3 is 4.90 Å². The molecule has 0 bridgehead atoms. The molecule has 3 atom stereocenters. The van der Waals surface area contributed by atoms with E-state index in [-0.39, 0.29) is 11.7 Å². The van der Waals surface area contributed by atoms with E-state index >= 15 is 4.79 Å². The Morgan fingerprint density at radius 2 is 1.43 bits per heavy atom. The van der Waals surface area contributed by atoms with Gasteiger partial charge in [0.2, 0.25) is 0 Å². The summed E-state index contributed by atoms with van der Waals surface area (Å²) in [5.74, 6) is 0.158. The van der Waals surface area contributed by atoms with Gasteiger partial charge >= 0.3 is 0 Å². The largest absolute Gasteiger partial charge is 0.301 e. The summed E-state index contributed by atoms with van der Waals surface area (Å²) in [5, 5.41) is 0. The van der Waals surface area contributed by atoms with Crippen LogP contribution >= 0.6 is 0 Å². The van der Waals surface area contributed by atoms with Crippen LogP contribution in [-0.2, 0) is 10.3 Å². The summed E-state index contributed by atoms with van der Waals surface area (Å²) in [6.45, 7) is 1.95. The first-order chi connectivity index (χ1) is 20.5. The van der Waals surface area contributed by atoms with Gasteiger partial charge in [0.05, 0.1) is 27.8 Å². The molecule has 5 heteroatoms. The normalized spacial score (nSPS) is 26.4. The predicted molar refractivity (Wildman–Crippen MR) is 167 cm³/mol. The molecule has 1 aromatic heterocycles. The van der Waals surface area contributed by atoms with E-state index in [0.717, 1.165) is 51.2 Å². The maximum atomic E-state index is 15.5. The Morgan fingerprint density at radius 1 is 0.786 bits per heavy atom. The molecule has 2 aliphatic heterocycles. The van der Waals surface area contributed by atoms with Crippen molar-refractivity contribution >= 4 is 22.9 Å². The number of fused-ring (bicyclic) bond motifs is 7. The zero-order valence-electron chi connectivity index (χ0n) is 23.9. The molecule has 1 aliphatic carbocycles.